The molecule has 0 radical (unpaired) electrons. The van der Waals surface area contributed by atoms with Crippen LogP contribution in [0.15, 0.2) is 10.2 Å². The Morgan fingerprint density at radius 1 is 1.06 bits per heavy atom. The van der Waals surface area contributed by atoms with Crippen LogP contribution < -0.4 is 0 Å². The van der Waals surface area contributed by atoms with Crippen LogP contribution >= 0.6 is 0 Å². The average molecular weight is 232 g/mol. The van der Waals surface area contributed by atoms with Crippen molar-refractivity contribution in [2.45, 2.75) is 44.1 Å². The van der Waals surface area contributed by atoms with E-state index in [0.29, 0.717) is 6.42 Å². The molecule has 7 nitrogen and oxygen atoms in total. The predicted molar refractivity (Wildman–Crippen MR) is 50.6 cm³/mol. The second-order valence-corrected chi connectivity index (χ2v) is 3.44. The van der Waals surface area contributed by atoms with E-state index in [9.17, 15) is 8.78 Å². The van der Waals surface area contributed by atoms with Gasteiger partial charge in [0.15, 0.2) is 0 Å². The summed E-state index contributed by atoms with van der Waals surface area (Å²) in [6.07, 6.45) is 0.0919. The fourth-order valence-electron chi connectivity index (χ4n) is 1.80. The number of azide groups is 2. The molecule has 9 heteroatoms. The third-order valence-electron chi connectivity index (χ3n) is 2.34. The zero-order chi connectivity index (χ0) is 12.0. The van der Waals surface area contributed by atoms with Gasteiger partial charge in [-0.15, -0.1) is 0 Å². The minimum atomic E-state index is -2.87. The predicted octanol–water partition coefficient (Wildman–Crippen LogP) is 3.14. The van der Waals surface area contributed by atoms with Crippen molar-refractivity contribution in [2.24, 2.45) is 10.2 Å². The first-order chi connectivity index (χ1) is 7.65. The second-order valence-electron chi connectivity index (χ2n) is 3.44. The third-order valence-corrected chi connectivity index (χ3v) is 2.34. The molecule has 0 aliphatic heterocycles. The van der Waals surface area contributed by atoms with E-state index in [-0.39, 0.29) is 12.8 Å². The molecule has 1 fully saturated rings. The summed E-state index contributed by atoms with van der Waals surface area (Å²) in [5.74, 6) is 0. The number of alkyl halides is 2. The topological polar surface area (TPSA) is 107 Å². The van der Waals surface area contributed by atoms with Gasteiger partial charge in [0.05, 0.1) is 6.10 Å². The van der Waals surface area contributed by atoms with Gasteiger partial charge < -0.3 is 4.74 Å². The Labute approximate surface area is 89.6 Å². The second kappa shape index (κ2) is 6.12. The van der Waals surface area contributed by atoms with Crippen LogP contribution in [0.5, 0.6) is 0 Å². The normalized spacial score (nSPS) is 29.3. The number of hydrogen-bond acceptors (Lipinski definition) is 3. The van der Waals surface area contributed by atoms with Crippen LogP contribution in [0, 0.1) is 0 Å². The molecule has 0 spiro atoms. The Hall–Kier alpha value is -1.56. The number of rotatable bonds is 4. The summed E-state index contributed by atoms with van der Waals surface area (Å²) < 4.78 is 28.4. The molecule has 0 aromatic carbocycles. The number of ether oxygens (including phenoxy) is 1. The molecule has 1 saturated carbocycles. The largest absolute Gasteiger partial charge is 0.345 e. The van der Waals surface area contributed by atoms with E-state index in [2.05, 4.69) is 24.8 Å². The Balaban J connectivity index is 2.65. The molecular formula is C7H10F2N6O. The summed E-state index contributed by atoms with van der Waals surface area (Å²) in [5.41, 5.74) is 16.5. The quantitative estimate of drug-likeness (QED) is 0.414. The Morgan fingerprint density at radius 3 is 1.94 bits per heavy atom. The summed E-state index contributed by atoms with van der Waals surface area (Å²) in [4.78, 5) is 5.23. The highest BCUT2D eigenvalue weighted by molar-refractivity contribution is 4.87. The van der Waals surface area contributed by atoms with Gasteiger partial charge in [-0.1, -0.05) is 10.2 Å². The standard InChI is InChI=1S/C7H10F2N6O/c8-7(9)16-6-2-4(12-14-10)1-5(3-6)13-15-11/h4-7H,1-3H2. The fraction of sp³-hybridized carbons (Fsp3) is 1.00. The maximum atomic E-state index is 12.0. The van der Waals surface area contributed by atoms with Gasteiger partial charge in [-0.25, -0.2) is 0 Å². The van der Waals surface area contributed by atoms with E-state index in [1.165, 1.54) is 0 Å². The molecule has 0 N–H and O–H groups in total. The van der Waals surface area contributed by atoms with Crippen molar-refractivity contribution in [3.8, 4) is 0 Å². The molecule has 0 aromatic rings. The summed E-state index contributed by atoms with van der Waals surface area (Å²) >= 11 is 0. The van der Waals surface area contributed by atoms with Crippen LogP contribution in [0.25, 0.3) is 20.9 Å². The van der Waals surface area contributed by atoms with Crippen molar-refractivity contribution in [3.63, 3.8) is 0 Å². The van der Waals surface area contributed by atoms with E-state index in [4.69, 9.17) is 11.1 Å². The zero-order valence-corrected chi connectivity index (χ0v) is 8.28. The van der Waals surface area contributed by atoms with Gasteiger partial charge in [-0.05, 0) is 30.3 Å². The average Bonchev–Trinajstić information content (AvgIpc) is 2.17. The Kier molecular flexibility index (Phi) is 4.78. The molecule has 1 aliphatic carbocycles. The SMILES string of the molecule is [N-]=[N+]=NC1CC(N=[N+]=[N-])CC(OC(F)F)C1. The van der Waals surface area contributed by atoms with Crippen LogP contribution in [0.2, 0.25) is 0 Å². The van der Waals surface area contributed by atoms with E-state index < -0.39 is 24.8 Å². The molecule has 0 bridgehead atoms. The molecule has 2 atom stereocenters. The molecule has 0 heterocycles. The molecule has 0 amide bonds. The van der Waals surface area contributed by atoms with E-state index >= 15 is 0 Å². The van der Waals surface area contributed by atoms with Crippen LogP contribution in [0.4, 0.5) is 8.78 Å². The molecule has 2 unspecified atom stereocenters. The third kappa shape index (κ3) is 3.90. The zero-order valence-electron chi connectivity index (χ0n) is 8.28. The Morgan fingerprint density at radius 2 is 1.56 bits per heavy atom. The summed E-state index contributed by atoms with van der Waals surface area (Å²) in [6, 6.07) is -0.920. The maximum absolute atomic E-state index is 12.0. The molecule has 1 rings (SSSR count). The van der Waals surface area contributed by atoms with Gasteiger partial charge in [0.1, 0.15) is 0 Å². The van der Waals surface area contributed by atoms with Gasteiger partial charge in [0.2, 0.25) is 0 Å². The van der Waals surface area contributed by atoms with Gasteiger partial charge in [-0.3, -0.25) is 0 Å². The minimum Gasteiger partial charge on any atom is -0.320 e. The smallest absolute Gasteiger partial charge is 0.320 e. The minimum absolute atomic E-state index is 0.228. The fourth-order valence-corrected chi connectivity index (χ4v) is 1.80. The molecule has 0 aromatic heterocycles. The lowest BCUT2D eigenvalue weighted by Gasteiger charge is -2.30. The van der Waals surface area contributed by atoms with Crippen LogP contribution in [-0.4, -0.2) is 24.8 Å². The molecular weight excluding hydrogens is 222 g/mol. The first-order valence-electron chi connectivity index (χ1n) is 4.67. The monoisotopic (exact) mass is 232 g/mol. The van der Waals surface area contributed by atoms with Gasteiger partial charge in [0, 0.05) is 21.9 Å². The van der Waals surface area contributed by atoms with Gasteiger partial charge in [0.25, 0.3) is 0 Å². The van der Waals surface area contributed by atoms with Crippen LogP contribution in [-0.2, 0) is 4.74 Å². The van der Waals surface area contributed by atoms with Crippen molar-refractivity contribution in [1.29, 1.82) is 0 Å². The van der Waals surface area contributed by atoms with Gasteiger partial charge >= 0.3 is 6.61 Å². The Bertz CT molecular complexity index is 299. The lowest BCUT2D eigenvalue weighted by molar-refractivity contribution is -0.171. The first-order valence-corrected chi connectivity index (χ1v) is 4.67. The molecule has 88 valence electrons. The summed E-state index contributed by atoms with van der Waals surface area (Å²) in [7, 11) is 0. The van der Waals surface area contributed by atoms with Crippen LogP contribution in [0.1, 0.15) is 19.3 Å². The first kappa shape index (κ1) is 12.5. The lowest BCUT2D eigenvalue weighted by Crippen LogP contribution is -2.33. The van der Waals surface area contributed by atoms with E-state index in [1.54, 1.807) is 0 Å². The number of nitrogens with zero attached hydrogens (tertiary/aromatic N) is 6. The summed E-state index contributed by atoms with van der Waals surface area (Å²) in [5, 5.41) is 6.89. The molecule has 0 saturated heterocycles. The van der Waals surface area contributed by atoms with E-state index in [1.807, 2.05) is 0 Å². The maximum Gasteiger partial charge on any atom is 0.345 e. The number of halogens is 2. The summed E-state index contributed by atoms with van der Waals surface area (Å²) in [6.45, 7) is -2.87. The highest BCUT2D eigenvalue weighted by Crippen LogP contribution is 2.27. The number of hydrogen-bond donors (Lipinski definition) is 0. The van der Waals surface area contributed by atoms with Crippen molar-refractivity contribution >= 4 is 0 Å². The van der Waals surface area contributed by atoms with Crippen molar-refractivity contribution in [2.75, 3.05) is 0 Å². The van der Waals surface area contributed by atoms with Crippen molar-refractivity contribution in [1.82, 2.24) is 0 Å². The van der Waals surface area contributed by atoms with E-state index in [0.717, 1.165) is 0 Å². The highest BCUT2D eigenvalue weighted by atomic mass is 19.3. The highest BCUT2D eigenvalue weighted by Gasteiger charge is 2.30. The lowest BCUT2D eigenvalue weighted by atomic mass is 9.90. The van der Waals surface area contributed by atoms with Crippen molar-refractivity contribution < 1.29 is 13.5 Å². The van der Waals surface area contributed by atoms with Gasteiger partial charge in [-0.2, -0.15) is 8.78 Å². The van der Waals surface area contributed by atoms with Crippen LogP contribution in [0.3, 0.4) is 0 Å². The molecule has 16 heavy (non-hydrogen) atoms. The molecule has 1 aliphatic rings. The van der Waals surface area contributed by atoms with Crippen molar-refractivity contribution in [3.05, 3.63) is 20.9 Å².